The van der Waals surface area contributed by atoms with E-state index in [1.54, 1.807) is 48.5 Å². The normalized spacial score (nSPS) is 11.8. The molecule has 0 aliphatic heterocycles. The predicted octanol–water partition coefficient (Wildman–Crippen LogP) is 3.11. The van der Waals surface area contributed by atoms with E-state index in [0.717, 1.165) is 0 Å². The van der Waals surface area contributed by atoms with E-state index in [9.17, 15) is 14.0 Å². The van der Waals surface area contributed by atoms with Crippen molar-refractivity contribution in [3.63, 3.8) is 0 Å². The van der Waals surface area contributed by atoms with Gasteiger partial charge in [-0.15, -0.1) is 5.10 Å². The Morgan fingerprint density at radius 1 is 1.03 bits per heavy atom. The van der Waals surface area contributed by atoms with Gasteiger partial charge >= 0.3 is 0 Å². The van der Waals surface area contributed by atoms with Gasteiger partial charge in [-0.3, -0.25) is 14.5 Å². The average molecular weight is 461 g/mol. The Bertz CT molecular complexity index is 1280. The summed E-state index contributed by atoms with van der Waals surface area (Å²) < 4.78 is 21.4. The second kappa shape index (κ2) is 10.7. The van der Waals surface area contributed by atoms with E-state index in [2.05, 4.69) is 15.6 Å². The summed E-state index contributed by atoms with van der Waals surface area (Å²) in [5.41, 5.74) is 1.85. The molecule has 34 heavy (non-hydrogen) atoms. The minimum atomic E-state index is -1.25. The SMILES string of the molecule is COCCNC(=O)[C@@H](c1ccccc1F)N(C(=O)Cn1nnc2ccccc21)c1ccccc1. The largest absolute Gasteiger partial charge is 0.383 e. The molecule has 8 nitrogen and oxygen atoms in total. The number of amides is 2. The van der Waals surface area contributed by atoms with Gasteiger partial charge in [0.15, 0.2) is 0 Å². The van der Waals surface area contributed by atoms with Crippen LogP contribution in [0.1, 0.15) is 11.6 Å². The maximum absolute atomic E-state index is 14.9. The molecule has 1 N–H and O–H groups in total. The van der Waals surface area contributed by atoms with Crippen molar-refractivity contribution < 1.29 is 18.7 Å². The van der Waals surface area contributed by atoms with Crippen molar-refractivity contribution in [3.05, 3.63) is 90.2 Å². The molecule has 9 heteroatoms. The van der Waals surface area contributed by atoms with Crippen LogP contribution in [-0.4, -0.2) is 47.1 Å². The number of carbonyl (C=O) groups excluding carboxylic acids is 2. The monoisotopic (exact) mass is 461 g/mol. The molecular formula is C25H24FN5O3. The number of methoxy groups -OCH3 is 1. The van der Waals surface area contributed by atoms with Gasteiger partial charge in [-0.05, 0) is 30.3 Å². The summed E-state index contributed by atoms with van der Waals surface area (Å²) in [5.74, 6) is -1.56. The van der Waals surface area contributed by atoms with Crippen molar-refractivity contribution in [1.29, 1.82) is 0 Å². The Morgan fingerprint density at radius 3 is 2.50 bits per heavy atom. The number of carbonyl (C=O) groups is 2. The fourth-order valence-electron chi connectivity index (χ4n) is 3.73. The van der Waals surface area contributed by atoms with Crippen LogP contribution in [0.5, 0.6) is 0 Å². The van der Waals surface area contributed by atoms with E-state index in [1.165, 1.54) is 34.9 Å². The number of fused-ring (bicyclic) bond motifs is 1. The molecule has 1 aromatic heterocycles. The highest BCUT2D eigenvalue weighted by Crippen LogP contribution is 2.30. The van der Waals surface area contributed by atoms with Gasteiger partial charge in [0.05, 0.1) is 12.1 Å². The fraction of sp³-hybridized carbons (Fsp3) is 0.200. The Kier molecular flexibility index (Phi) is 7.24. The summed E-state index contributed by atoms with van der Waals surface area (Å²) in [6, 6.07) is 20.7. The number of aromatic nitrogens is 3. The Hall–Kier alpha value is -4.11. The van der Waals surface area contributed by atoms with Crippen LogP contribution >= 0.6 is 0 Å². The number of ether oxygens (including phenoxy) is 1. The number of halogens is 1. The number of para-hydroxylation sites is 2. The molecule has 0 saturated carbocycles. The smallest absolute Gasteiger partial charge is 0.249 e. The molecule has 0 aliphatic carbocycles. The van der Waals surface area contributed by atoms with Gasteiger partial charge in [0, 0.05) is 24.9 Å². The average Bonchev–Trinajstić information content (AvgIpc) is 3.26. The lowest BCUT2D eigenvalue weighted by Crippen LogP contribution is -2.46. The molecule has 0 fully saturated rings. The zero-order valence-electron chi connectivity index (χ0n) is 18.6. The molecular weight excluding hydrogens is 437 g/mol. The highest BCUT2D eigenvalue weighted by atomic mass is 19.1. The first-order chi connectivity index (χ1) is 16.6. The van der Waals surface area contributed by atoms with Crippen LogP contribution in [-0.2, 0) is 20.9 Å². The summed E-state index contributed by atoms with van der Waals surface area (Å²) in [6.45, 7) is 0.302. The number of nitrogens with zero attached hydrogens (tertiary/aromatic N) is 4. The van der Waals surface area contributed by atoms with Crippen molar-refractivity contribution >= 4 is 28.5 Å². The minimum absolute atomic E-state index is 0.0815. The number of nitrogens with one attached hydrogen (secondary N) is 1. The molecule has 3 aromatic carbocycles. The molecule has 0 unspecified atom stereocenters. The summed E-state index contributed by atoms with van der Waals surface area (Å²) in [5, 5.41) is 10.9. The van der Waals surface area contributed by atoms with Crippen LogP contribution in [0, 0.1) is 5.82 Å². The molecule has 0 aliphatic rings. The van der Waals surface area contributed by atoms with Gasteiger partial charge < -0.3 is 10.1 Å². The molecule has 4 aromatic rings. The van der Waals surface area contributed by atoms with Crippen molar-refractivity contribution in [3.8, 4) is 0 Å². The molecule has 0 bridgehead atoms. The van der Waals surface area contributed by atoms with E-state index < -0.39 is 23.7 Å². The number of rotatable bonds is 9. The van der Waals surface area contributed by atoms with E-state index in [0.29, 0.717) is 16.7 Å². The van der Waals surface area contributed by atoms with Gasteiger partial charge in [0.25, 0.3) is 0 Å². The predicted molar refractivity (Wildman–Crippen MR) is 125 cm³/mol. The third-order valence-electron chi connectivity index (χ3n) is 5.32. The molecule has 0 saturated heterocycles. The van der Waals surface area contributed by atoms with Crippen LogP contribution in [0.25, 0.3) is 11.0 Å². The number of anilines is 1. The van der Waals surface area contributed by atoms with Crippen LogP contribution in [0.3, 0.4) is 0 Å². The molecule has 0 radical (unpaired) electrons. The lowest BCUT2D eigenvalue weighted by atomic mass is 10.0. The van der Waals surface area contributed by atoms with Crippen LogP contribution < -0.4 is 10.2 Å². The summed E-state index contributed by atoms with van der Waals surface area (Å²) >= 11 is 0. The molecule has 2 amide bonds. The summed E-state index contributed by atoms with van der Waals surface area (Å²) in [7, 11) is 1.52. The third-order valence-corrected chi connectivity index (χ3v) is 5.32. The Balaban J connectivity index is 1.77. The second-order valence-electron chi connectivity index (χ2n) is 7.54. The molecule has 0 spiro atoms. The van der Waals surface area contributed by atoms with Gasteiger partial charge in [-0.2, -0.15) is 0 Å². The van der Waals surface area contributed by atoms with Crippen molar-refractivity contribution in [1.82, 2.24) is 20.3 Å². The third kappa shape index (κ3) is 4.94. The van der Waals surface area contributed by atoms with Gasteiger partial charge in [0.2, 0.25) is 11.8 Å². The number of hydrogen-bond donors (Lipinski definition) is 1. The van der Waals surface area contributed by atoms with E-state index >= 15 is 0 Å². The van der Waals surface area contributed by atoms with E-state index in [4.69, 9.17) is 4.74 Å². The van der Waals surface area contributed by atoms with Gasteiger partial charge in [-0.1, -0.05) is 53.7 Å². The van der Waals surface area contributed by atoms with Crippen molar-refractivity contribution in [2.24, 2.45) is 0 Å². The van der Waals surface area contributed by atoms with Crippen molar-refractivity contribution in [2.45, 2.75) is 12.6 Å². The Labute approximate surface area is 195 Å². The first kappa shape index (κ1) is 23.1. The molecule has 1 atom stereocenters. The standard InChI is InChI=1S/C25H24FN5O3/c1-34-16-15-27-25(33)24(19-11-5-6-12-20(19)26)31(18-9-3-2-4-10-18)23(32)17-30-22-14-8-7-13-21(22)28-29-30/h2-14,24H,15-17H2,1H3,(H,27,33)/t24-/m1/s1. The summed E-state index contributed by atoms with van der Waals surface area (Å²) in [6.07, 6.45) is 0. The fourth-order valence-corrected chi connectivity index (χ4v) is 3.73. The highest BCUT2D eigenvalue weighted by molar-refractivity contribution is 6.01. The lowest BCUT2D eigenvalue weighted by molar-refractivity contribution is -0.127. The highest BCUT2D eigenvalue weighted by Gasteiger charge is 2.34. The van der Waals surface area contributed by atoms with Crippen LogP contribution in [0.15, 0.2) is 78.9 Å². The zero-order chi connectivity index (χ0) is 23.9. The van der Waals surface area contributed by atoms with Gasteiger partial charge in [-0.25, -0.2) is 9.07 Å². The molecule has 174 valence electrons. The van der Waals surface area contributed by atoms with Crippen LogP contribution in [0.4, 0.5) is 10.1 Å². The quantitative estimate of drug-likeness (QED) is 0.387. The first-order valence-electron chi connectivity index (χ1n) is 10.8. The van der Waals surface area contributed by atoms with Gasteiger partial charge in [0.1, 0.15) is 23.9 Å². The van der Waals surface area contributed by atoms with Crippen molar-refractivity contribution in [2.75, 3.05) is 25.2 Å². The zero-order valence-corrected chi connectivity index (χ0v) is 18.6. The lowest BCUT2D eigenvalue weighted by Gasteiger charge is -2.31. The number of hydrogen-bond acceptors (Lipinski definition) is 5. The topological polar surface area (TPSA) is 89.4 Å². The summed E-state index contributed by atoms with van der Waals surface area (Å²) in [4.78, 5) is 28.4. The molecule has 4 rings (SSSR count). The maximum atomic E-state index is 14.9. The second-order valence-corrected chi connectivity index (χ2v) is 7.54. The van der Waals surface area contributed by atoms with E-state index in [-0.39, 0.29) is 25.3 Å². The Morgan fingerprint density at radius 2 is 1.74 bits per heavy atom. The maximum Gasteiger partial charge on any atom is 0.249 e. The van der Waals surface area contributed by atoms with Crippen LogP contribution in [0.2, 0.25) is 0 Å². The molecule has 1 heterocycles. The van der Waals surface area contributed by atoms with E-state index in [1.807, 2.05) is 12.1 Å². The first-order valence-corrected chi connectivity index (χ1v) is 10.8. The number of benzene rings is 3. The minimum Gasteiger partial charge on any atom is -0.383 e.